The molecule has 0 bridgehead atoms. The van der Waals surface area contributed by atoms with Crippen molar-refractivity contribution in [3.63, 3.8) is 0 Å². The molecular weight excluding hydrogens is 236 g/mol. The van der Waals surface area contributed by atoms with Crippen molar-refractivity contribution in [3.05, 3.63) is 29.3 Å². The van der Waals surface area contributed by atoms with Crippen LogP contribution in [0.2, 0.25) is 0 Å². The highest BCUT2D eigenvalue weighted by Gasteiger charge is 2.16. The van der Waals surface area contributed by atoms with Gasteiger partial charge in [0.25, 0.3) is 0 Å². The van der Waals surface area contributed by atoms with Gasteiger partial charge in [-0.3, -0.25) is 0 Å². The fourth-order valence-corrected chi connectivity index (χ4v) is 2.41. The van der Waals surface area contributed by atoms with Gasteiger partial charge < -0.3 is 4.74 Å². The van der Waals surface area contributed by atoms with Gasteiger partial charge in [-0.1, -0.05) is 18.2 Å². The van der Waals surface area contributed by atoms with E-state index >= 15 is 0 Å². The Morgan fingerprint density at radius 1 is 1.40 bits per heavy atom. The molecule has 0 atom stereocenters. The molecule has 1 aromatic rings. The average molecular weight is 247 g/mol. The zero-order chi connectivity index (χ0) is 10.9. The molecule has 3 nitrogen and oxygen atoms in total. The van der Waals surface area contributed by atoms with E-state index in [-0.39, 0.29) is 5.75 Å². The van der Waals surface area contributed by atoms with Crippen molar-refractivity contribution < 1.29 is 13.2 Å². The van der Waals surface area contributed by atoms with Crippen molar-refractivity contribution in [1.82, 2.24) is 0 Å². The number of fused-ring (bicyclic) bond motifs is 1. The predicted molar refractivity (Wildman–Crippen MR) is 59.0 cm³/mol. The van der Waals surface area contributed by atoms with Crippen molar-refractivity contribution in [3.8, 4) is 5.75 Å². The van der Waals surface area contributed by atoms with Gasteiger partial charge in [0.15, 0.2) is 0 Å². The van der Waals surface area contributed by atoms with E-state index < -0.39 is 9.05 Å². The van der Waals surface area contributed by atoms with Gasteiger partial charge >= 0.3 is 0 Å². The molecule has 1 aliphatic heterocycles. The van der Waals surface area contributed by atoms with Crippen LogP contribution in [0.15, 0.2) is 18.2 Å². The highest BCUT2D eigenvalue weighted by atomic mass is 35.7. The van der Waals surface area contributed by atoms with Crippen LogP contribution < -0.4 is 4.74 Å². The highest BCUT2D eigenvalue weighted by molar-refractivity contribution is 8.13. The monoisotopic (exact) mass is 246 g/mol. The lowest BCUT2D eigenvalue weighted by Crippen LogP contribution is -2.02. The first-order valence-corrected chi connectivity index (χ1v) is 7.20. The van der Waals surface area contributed by atoms with Crippen LogP contribution in [-0.2, 0) is 21.9 Å². The Morgan fingerprint density at radius 3 is 2.93 bits per heavy atom. The summed E-state index contributed by atoms with van der Waals surface area (Å²) >= 11 is 0. The fraction of sp³-hybridized carbons (Fsp3) is 0.400. The number of ether oxygens (including phenoxy) is 1. The number of benzene rings is 1. The van der Waals surface area contributed by atoms with Gasteiger partial charge in [-0.25, -0.2) is 8.42 Å². The summed E-state index contributed by atoms with van der Waals surface area (Å²) < 4.78 is 27.1. The van der Waals surface area contributed by atoms with Gasteiger partial charge in [0.1, 0.15) is 5.75 Å². The van der Waals surface area contributed by atoms with Gasteiger partial charge in [0, 0.05) is 17.1 Å². The van der Waals surface area contributed by atoms with E-state index in [1.165, 1.54) is 0 Å². The maximum atomic E-state index is 10.8. The molecule has 0 spiro atoms. The molecule has 0 saturated carbocycles. The molecular formula is C10H11ClO3S. The van der Waals surface area contributed by atoms with Gasteiger partial charge in [-0.05, 0) is 17.5 Å². The number of aryl methyl sites for hydroxylation is 1. The largest absolute Gasteiger partial charge is 0.493 e. The summed E-state index contributed by atoms with van der Waals surface area (Å²) in [5.41, 5.74) is 2.08. The molecule has 5 heteroatoms. The molecule has 1 heterocycles. The van der Waals surface area contributed by atoms with Crippen LogP contribution in [0.4, 0.5) is 0 Å². The van der Waals surface area contributed by atoms with Gasteiger partial charge in [-0.15, -0.1) is 0 Å². The van der Waals surface area contributed by atoms with E-state index in [9.17, 15) is 8.42 Å². The van der Waals surface area contributed by atoms with Crippen molar-refractivity contribution >= 4 is 19.7 Å². The quantitative estimate of drug-likeness (QED) is 0.763. The Morgan fingerprint density at radius 2 is 2.20 bits per heavy atom. The van der Waals surface area contributed by atoms with E-state index in [4.69, 9.17) is 15.4 Å². The summed E-state index contributed by atoms with van der Waals surface area (Å²) in [4.78, 5) is 0. The van der Waals surface area contributed by atoms with E-state index in [0.29, 0.717) is 13.0 Å². The second kappa shape index (κ2) is 4.02. The second-order valence-corrected chi connectivity index (χ2v) is 6.39. The number of hydrogen-bond donors (Lipinski definition) is 0. The van der Waals surface area contributed by atoms with Crippen LogP contribution in [0.1, 0.15) is 11.1 Å². The molecule has 0 aromatic heterocycles. The second-order valence-electron chi connectivity index (χ2n) is 3.50. The molecule has 0 radical (unpaired) electrons. The van der Waals surface area contributed by atoms with Crippen molar-refractivity contribution in [2.45, 2.75) is 12.8 Å². The summed E-state index contributed by atoms with van der Waals surface area (Å²) in [6.07, 6.45) is 1.31. The van der Waals surface area contributed by atoms with Gasteiger partial charge in [0.05, 0.1) is 12.4 Å². The minimum absolute atomic E-state index is 0.0473. The molecule has 1 aromatic carbocycles. The van der Waals surface area contributed by atoms with Crippen molar-refractivity contribution in [1.29, 1.82) is 0 Å². The molecule has 0 amide bonds. The summed E-state index contributed by atoms with van der Waals surface area (Å²) in [6, 6.07) is 5.80. The number of rotatable bonds is 3. The Kier molecular flexibility index (Phi) is 2.89. The Balaban J connectivity index is 2.19. The molecule has 0 saturated heterocycles. The molecule has 0 unspecified atom stereocenters. The van der Waals surface area contributed by atoms with Crippen LogP contribution in [0.25, 0.3) is 0 Å². The van der Waals surface area contributed by atoms with E-state index in [2.05, 4.69) is 0 Å². The topological polar surface area (TPSA) is 43.4 Å². The molecule has 82 valence electrons. The third-order valence-electron chi connectivity index (χ3n) is 2.41. The minimum Gasteiger partial charge on any atom is -0.493 e. The zero-order valence-electron chi connectivity index (χ0n) is 8.07. The fourth-order valence-electron chi connectivity index (χ4n) is 1.71. The number of hydrogen-bond acceptors (Lipinski definition) is 3. The molecule has 0 fully saturated rings. The number of para-hydroxylation sites is 1. The lowest BCUT2D eigenvalue weighted by atomic mass is 10.1. The third-order valence-corrected chi connectivity index (χ3v) is 3.57. The van der Waals surface area contributed by atoms with Crippen LogP contribution in [0.3, 0.4) is 0 Å². The predicted octanol–water partition coefficient (Wildman–Crippen LogP) is 1.73. The molecule has 0 N–H and O–H groups in total. The minimum atomic E-state index is -3.42. The van der Waals surface area contributed by atoms with Crippen molar-refractivity contribution in [2.75, 3.05) is 12.4 Å². The standard InChI is InChI=1S/C10H11ClO3S/c11-15(12,13)7-5-9-3-1-2-8-4-6-14-10(8)9/h1-3H,4-7H2. The van der Waals surface area contributed by atoms with Crippen molar-refractivity contribution in [2.24, 2.45) is 0 Å². The first kappa shape index (κ1) is 10.8. The Hall–Kier alpha value is -0.740. The van der Waals surface area contributed by atoms with Gasteiger partial charge in [0.2, 0.25) is 9.05 Å². The lowest BCUT2D eigenvalue weighted by Gasteiger charge is -2.06. The Bertz CT molecular complexity index is 468. The summed E-state index contributed by atoms with van der Waals surface area (Å²) in [7, 11) is 1.74. The molecule has 0 aliphatic carbocycles. The maximum Gasteiger partial charge on any atom is 0.232 e. The highest BCUT2D eigenvalue weighted by Crippen LogP contribution is 2.29. The van der Waals surface area contributed by atoms with E-state index in [1.807, 2.05) is 18.2 Å². The number of halogens is 1. The molecule has 15 heavy (non-hydrogen) atoms. The summed E-state index contributed by atoms with van der Waals surface area (Å²) in [5.74, 6) is 0.798. The van der Waals surface area contributed by atoms with Crippen LogP contribution in [0.5, 0.6) is 5.75 Å². The SMILES string of the molecule is O=S(=O)(Cl)CCc1cccc2c1OCC2. The third kappa shape index (κ3) is 2.63. The normalized spacial score (nSPS) is 14.7. The van der Waals surface area contributed by atoms with Crippen LogP contribution >= 0.6 is 10.7 Å². The Labute approximate surface area is 93.4 Å². The zero-order valence-corrected chi connectivity index (χ0v) is 9.64. The molecule has 2 rings (SSSR count). The summed E-state index contributed by atoms with van der Waals surface area (Å²) in [5, 5.41) is 0. The van der Waals surface area contributed by atoms with Crippen LogP contribution in [-0.4, -0.2) is 20.8 Å². The van der Waals surface area contributed by atoms with Gasteiger partial charge in [-0.2, -0.15) is 0 Å². The summed E-state index contributed by atoms with van der Waals surface area (Å²) in [6.45, 7) is 0.681. The van der Waals surface area contributed by atoms with E-state index in [1.54, 1.807) is 0 Å². The lowest BCUT2D eigenvalue weighted by molar-refractivity contribution is 0.353. The molecule has 1 aliphatic rings. The first-order valence-electron chi connectivity index (χ1n) is 4.72. The average Bonchev–Trinajstić information content (AvgIpc) is 2.61. The maximum absolute atomic E-state index is 10.8. The first-order chi connectivity index (χ1) is 7.06. The smallest absolute Gasteiger partial charge is 0.232 e. The van der Waals surface area contributed by atoms with Crippen LogP contribution in [0, 0.1) is 0 Å². The van der Waals surface area contributed by atoms with E-state index in [0.717, 1.165) is 23.3 Å².